The fourth-order valence-corrected chi connectivity index (χ4v) is 2.19. The minimum Gasteiger partial charge on any atom is -0.464 e. The van der Waals surface area contributed by atoms with Crippen LogP contribution < -0.4 is 0 Å². The number of rotatable bonds is 1. The van der Waals surface area contributed by atoms with Crippen molar-refractivity contribution in [3.63, 3.8) is 0 Å². The van der Waals surface area contributed by atoms with Crippen molar-refractivity contribution in [2.24, 2.45) is 0 Å². The van der Waals surface area contributed by atoms with Crippen LogP contribution in [0.2, 0.25) is 5.02 Å². The van der Waals surface area contributed by atoms with Gasteiger partial charge in [0.1, 0.15) is 11.2 Å². The van der Waals surface area contributed by atoms with Crippen LogP contribution in [0.4, 0.5) is 0 Å². The van der Waals surface area contributed by atoms with Crippen molar-refractivity contribution in [2.75, 3.05) is 7.11 Å². The van der Waals surface area contributed by atoms with E-state index in [0.29, 0.717) is 10.5 Å². The maximum Gasteiger partial charge on any atom is 0.356 e. The molecule has 0 N–H and O–H groups in total. The van der Waals surface area contributed by atoms with Crippen LogP contribution in [0.3, 0.4) is 0 Å². The molecular formula is C9H6ClNO2S. The normalized spacial score (nSPS) is 10.4. The molecule has 0 saturated heterocycles. The van der Waals surface area contributed by atoms with E-state index in [1.54, 1.807) is 11.4 Å². The summed E-state index contributed by atoms with van der Waals surface area (Å²) in [7, 11) is 1.32. The molecule has 0 aliphatic carbocycles. The van der Waals surface area contributed by atoms with Gasteiger partial charge in [-0.1, -0.05) is 11.6 Å². The predicted octanol–water partition coefficient (Wildman–Crippen LogP) is 2.74. The maximum atomic E-state index is 11.2. The van der Waals surface area contributed by atoms with Gasteiger partial charge in [0.2, 0.25) is 0 Å². The molecule has 0 bridgehead atoms. The highest BCUT2D eigenvalue weighted by Crippen LogP contribution is 2.28. The number of aromatic nitrogens is 1. The number of carbonyl (C=O) groups is 1. The number of carbonyl (C=O) groups excluding carboxylic acids is 1. The van der Waals surface area contributed by atoms with Crippen LogP contribution in [0.5, 0.6) is 0 Å². The fraction of sp³-hybridized carbons (Fsp3) is 0.111. The number of methoxy groups -OCH3 is 1. The summed E-state index contributed by atoms with van der Waals surface area (Å²) in [6.07, 6.45) is 0. The number of thiophene rings is 1. The average Bonchev–Trinajstić information content (AvgIpc) is 2.59. The van der Waals surface area contributed by atoms with Crippen LogP contribution in [0.25, 0.3) is 10.2 Å². The van der Waals surface area contributed by atoms with Gasteiger partial charge in [-0.05, 0) is 12.1 Å². The molecule has 0 aromatic carbocycles. The summed E-state index contributed by atoms with van der Waals surface area (Å²) in [5, 5.41) is 2.36. The molecule has 0 spiro atoms. The standard InChI is InChI=1S/C9H6ClNO2S/c1-13-9(12)6-2-3-7-8(11-6)5(10)4-14-7/h2-4H,1H3. The van der Waals surface area contributed by atoms with Crippen molar-refractivity contribution in [2.45, 2.75) is 0 Å². The van der Waals surface area contributed by atoms with Crippen LogP contribution in [0.1, 0.15) is 10.5 Å². The Hall–Kier alpha value is -1.13. The molecule has 2 heterocycles. The van der Waals surface area contributed by atoms with Crippen LogP contribution in [-0.2, 0) is 4.74 Å². The Bertz CT molecular complexity index is 495. The first-order valence-corrected chi connectivity index (χ1v) is 5.10. The van der Waals surface area contributed by atoms with Crippen molar-refractivity contribution in [3.8, 4) is 0 Å². The van der Waals surface area contributed by atoms with Gasteiger partial charge in [-0.2, -0.15) is 0 Å². The van der Waals surface area contributed by atoms with Crippen molar-refractivity contribution >= 4 is 39.1 Å². The Balaban J connectivity index is 2.60. The van der Waals surface area contributed by atoms with E-state index < -0.39 is 5.97 Å². The van der Waals surface area contributed by atoms with E-state index in [9.17, 15) is 4.79 Å². The summed E-state index contributed by atoms with van der Waals surface area (Å²) in [6, 6.07) is 3.44. The van der Waals surface area contributed by atoms with Gasteiger partial charge in [0, 0.05) is 5.38 Å². The third-order valence-corrected chi connectivity index (χ3v) is 3.12. The van der Waals surface area contributed by atoms with Crippen LogP contribution in [0.15, 0.2) is 17.5 Å². The molecule has 2 aromatic rings. The summed E-state index contributed by atoms with van der Waals surface area (Å²) in [6.45, 7) is 0. The summed E-state index contributed by atoms with van der Waals surface area (Å²) in [4.78, 5) is 15.3. The van der Waals surface area contributed by atoms with E-state index in [1.165, 1.54) is 18.4 Å². The van der Waals surface area contributed by atoms with E-state index in [-0.39, 0.29) is 5.69 Å². The predicted molar refractivity (Wildman–Crippen MR) is 56.0 cm³/mol. The van der Waals surface area contributed by atoms with Gasteiger partial charge in [0.05, 0.1) is 16.8 Å². The first-order valence-electron chi connectivity index (χ1n) is 3.84. The Morgan fingerprint density at radius 2 is 2.36 bits per heavy atom. The zero-order chi connectivity index (χ0) is 10.1. The van der Waals surface area contributed by atoms with E-state index in [4.69, 9.17) is 11.6 Å². The third kappa shape index (κ3) is 1.47. The molecule has 0 amide bonds. The number of hydrogen-bond donors (Lipinski definition) is 0. The van der Waals surface area contributed by atoms with Gasteiger partial charge in [-0.15, -0.1) is 11.3 Å². The van der Waals surface area contributed by atoms with Crippen molar-refractivity contribution < 1.29 is 9.53 Å². The molecule has 0 aliphatic rings. The second-order valence-corrected chi connectivity index (χ2v) is 3.94. The number of pyridine rings is 1. The molecule has 0 saturated carbocycles. The highest BCUT2D eigenvalue weighted by atomic mass is 35.5. The van der Waals surface area contributed by atoms with Gasteiger partial charge in [0.15, 0.2) is 0 Å². The first-order chi connectivity index (χ1) is 6.72. The minimum absolute atomic E-state index is 0.278. The molecule has 14 heavy (non-hydrogen) atoms. The molecule has 0 atom stereocenters. The lowest BCUT2D eigenvalue weighted by molar-refractivity contribution is 0.0594. The molecule has 2 rings (SSSR count). The number of nitrogens with zero attached hydrogens (tertiary/aromatic N) is 1. The monoisotopic (exact) mass is 227 g/mol. The smallest absolute Gasteiger partial charge is 0.356 e. The van der Waals surface area contributed by atoms with Crippen molar-refractivity contribution in [3.05, 3.63) is 28.2 Å². The number of halogens is 1. The lowest BCUT2D eigenvalue weighted by atomic mass is 10.3. The van der Waals surface area contributed by atoms with E-state index >= 15 is 0 Å². The summed E-state index contributed by atoms with van der Waals surface area (Å²) in [5.74, 6) is -0.450. The SMILES string of the molecule is COC(=O)c1ccc2scc(Cl)c2n1. The molecule has 72 valence electrons. The molecule has 2 aromatic heterocycles. The summed E-state index contributed by atoms with van der Waals surface area (Å²) >= 11 is 7.38. The highest BCUT2D eigenvalue weighted by Gasteiger charge is 2.10. The van der Waals surface area contributed by atoms with Gasteiger partial charge < -0.3 is 4.74 Å². The van der Waals surface area contributed by atoms with Crippen molar-refractivity contribution in [1.29, 1.82) is 0 Å². The molecule has 3 nitrogen and oxygen atoms in total. The lowest BCUT2D eigenvalue weighted by Crippen LogP contribution is -2.03. The van der Waals surface area contributed by atoms with Gasteiger partial charge in [0.25, 0.3) is 0 Å². The third-order valence-electron chi connectivity index (χ3n) is 1.77. The Labute approximate surface area is 89.3 Å². The van der Waals surface area contributed by atoms with Gasteiger partial charge >= 0.3 is 5.97 Å². The minimum atomic E-state index is -0.450. The quantitative estimate of drug-likeness (QED) is 0.704. The van der Waals surface area contributed by atoms with E-state index in [1.807, 2.05) is 6.07 Å². The molecule has 0 fully saturated rings. The molecule has 0 radical (unpaired) electrons. The summed E-state index contributed by atoms with van der Waals surface area (Å²) in [5.41, 5.74) is 0.930. The molecular weight excluding hydrogens is 222 g/mol. The van der Waals surface area contributed by atoms with E-state index in [0.717, 1.165) is 4.70 Å². The topological polar surface area (TPSA) is 39.2 Å². The zero-order valence-electron chi connectivity index (χ0n) is 7.28. The first kappa shape index (κ1) is 9.43. The molecule has 0 unspecified atom stereocenters. The Morgan fingerprint density at radius 1 is 1.57 bits per heavy atom. The number of hydrogen-bond acceptors (Lipinski definition) is 4. The second kappa shape index (κ2) is 3.55. The van der Waals surface area contributed by atoms with Crippen LogP contribution in [0, 0.1) is 0 Å². The number of ether oxygens (including phenoxy) is 1. The van der Waals surface area contributed by atoms with Crippen LogP contribution in [-0.4, -0.2) is 18.1 Å². The van der Waals surface area contributed by atoms with Crippen molar-refractivity contribution in [1.82, 2.24) is 4.98 Å². The van der Waals surface area contributed by atoms with E-state index in [2.05, 4.69) is 9.72 Å². The second-order valence-electron chi connectivity index (χ2n) is 2.62. The largest absolute Gasteiger partial charge is 0.464 e. The number of esters is 1. The maximum absolute atomic E-state index is 11.2. The summed E-state index contributed by atoms with van der Waals surface area (Å²) < 4.78 is 5.52. The van der Waals surface area contributed by atoms with Gasteiger partial charge in [-0.25, -0.2) is 9.78 Å². The lowest BCUT2D eigenvalue weighted by Gasteiger charge is -1.97. The number of fused-ring (bicyclic) bond motifs is 1. The van der Waals surface area contributed by atoms with Gasteiger partial charge in [-0.3, -0.25) is 0 Å². The molecule has 5 heteroatoms. The highest BCUT2D eigenvalue weighted by molar-refractivity contribution is 7.17. The molecule has 0 aliphatic heterocycles. The Kier molecular flexibility index (Phi) is 2.39. The average molecular weight is 228 g/mol. The zero-order valence-corrected chi connectivity index (χ0v) is 8.85. The van der Waals surface area contributed by atoms with Crippen LogP contribution >= 0.6 is 22.9 Å². The fourth-order valence-electron chi connectivity index (χ4n) is 1.10. The Morgan fingerprint density at radius 3 is 3.07 bits per heavy atom.